The molecule has 0 saturated carbocycles. The Morgan fingerprint density at radius 2 is 1.71 bits per heavy atom. The van der Waals surface area contributed by atoms with Crippen molar-refractivity contribution in [2.24, 2.45) is 0 Å². The summed E-state index contributed by atoms with van der Waals surface area (Å²) in [7, 11) is 0. The molecule has 2 aromatic rings. The lowest BCUT2D eigenvalue weighted by atomic mass is 10.1. The predicted molar refractivity (Wildman–Crippen MR) is 118 cm³/mol. The number of hydrogen-bond donors (Lipinski definition) is 1. The van der Waals surface area contributed by atoms with E-state index >= 15 is 0 Å². The second kappa shape index (κ2) is 10.7. The normalized spacial score (nSPS) is 18.9. The Bertz CT molecular complexity index is 754. The van der Waals surface area contributed by atoms with Gasteiger partial charge in [-0.25, -0.2) is 0 Å². The number of anilines is 2. The molecule has 0 aliphatic carbocycles. The summed E-state index contributed by atoms with van der Waals surface area (Å²) in [6.07, 6.45) is 0.547. The van der Waals surface area contributed by atoms with E-state index in [4.69, 9.17) is 4.74 Å². The maximum Gasteiger partial charge on any atom is 0.257 e. The molecule has 2 aromatic carbocycles. The van der Waals surface area contributed by atoms with Crippen LogP contribution in [-0.4, -0.2) is 44.8 Å². The largest absolute Gasteiger partial charge is 0.366 e. The number of nitrogens with zero attached hydrogens (tertiary/aromatic N) is 2. The number of para-hydroxylation sites is 2. The molecule has 1 N–H and O–H groups in total. The van der Waals surface area contributed by atoms with Crippen molar-refractivity contribution < 1.29 is 9.53 Å². The molecule has 1 saturated heterocycles. The lowest BCUT2D eigenvalue weighted by Crippen LogP contribution is -2.49. The van der Waals surface area contributed by atoms with Gasteiger partial charge in [-0.3, -0.25) is 4.79 Å². The molecule has 5 nitrogen and oxygen atoms in total. The Balaban J connectivity index is 0.00000140. The van der Waals surface area contributed by atoms with Crippen LogP contribution in [0.4, 0.5) is 11.4 Å². The number of fused-ring (bicyclic) bond motifs is 1. The molecule has 0 radical (unpaired) electrons. The first kappa shape index (κ1) is 22.5. The molecule has 4 rings (SSSR count). The second-order valence-electron chi connectivity index (χ2n) is 6.80. The van der Waals surface area contributed by atoms with Crippen LogP contribution in [0.3, 0.4) is 0 Å². The summed E-state index contributed by atoms with van der Waals surface area (Å²) in [4.78, 5) is 17.4. The van der Waals surface area contributed by atoms with Crippen molar-refractivity contribution in [2.75, 3.05) is 42.6 Å². The number of hydrogen-bond acceptors (Lipinski definition) is 4. The summed E-state index contributed by atoms with van der Waals surface area (Å²) < 4.78 is 5.70. The van der Waals surface area contributed by atoms with E-state index in [0.29, 0.717) is 13.2 Å². The molecule has 28 heavy (non-hydrogen) atoms. The molecule has 1 atom stereocenters. The number of halogens is 2. The predicted octanol–water partition coefficient (Wildman–Crippen LogP) is 3.26. The van der Waals surface area contributed by atoms with Crippen molar-refractivity contribution in [3.63, 3.8) is 0 Å². The fraction of sp³-hybridized carbons (Fsp3) is 0.381. The van der Waals surface area contributed by atoms with E-state index in [1.165, 1.54) is 5.56 Å². The summed E-state index contributed by atoms with van der Waals surface area (Å²) in [5.74, 6) is 0.0613. The number of carbonyl (C=O) groups excluding carboxylic acids is 1. The molecule has 0 aromatic heterocycles. The number of rotatable bonds is 3. The molecular formula is C21H27Cl2N3O2. The Hall–Kier alpha value is -1.79. The Morgan fingerprint density at radius 1 is 1.00 bits per heavy atom. The average Bonchev–Trinajstić information content (AvgIpc) is 2.89. The molecule has 0 spiro atoms. The minimum absolute atomic E-state index is 0. The molecule has 1 unspecified atom stereocenters. The fourth-order valence-electron chi connectivity index (χ4n) is 3.72. The van der Waals surface area contributed by atoms with Crippen molar-refractivity contribution in [1.29, 1.82) is 0 Å². The molecule has 1 fully saturated rings. The van der Waals surface area contributed by atoms with Crippen LogP contribution in [0.25, 0.3) is 0 Å². The summed E-state index contributed by atoms with van der Waals surface area (Å²) in [6, 6.07) is 18.7. The number of benzene rings is 2. The van der Waals surface area contributed by atoms with Gasteiger partial charge in [0.1, 0.15) is 6.10 Å². The first-order valence-corrected chi connectivity index (χ1v) is 9.34. The van der Waals surface area contributed by atoms with E-state index in [9.17, 15) is 4.79 Å². The van der Waals surface area contributed by atoms with E-state index < -0.39 is 6.10 Å². The van der Waals surface area contributed by atoms with E-state index in [2.05, 4.69) is 40.5 Å². The van der Waals surface area contributed by atoms with Crippen LogP contribution in [0.2, 0.25) is 0 Å². The first-order chi connectivity index (χ1) is 12.8. The van der Waals surface area contributed by atoms with Gasteiger partial charge in [-0.15, -0.1) is 24.8 Å². The van der Waals surface area contributed by atoms with Crippen LogP contribution >= 0.6 is 24.8 Å². The first-order valence-electron chi connectivity index (χ1n) is 9.34. The maximum absolute atomic E-state index is 13.1. The van der Waals surface area contributed by atoms with Gasteiger partial charge in [-0.1, -0.05) is 42.5 Å². The van der Waals surface area contributed by atoms with E-state index in [0.717, 1.165) is 44.0 Å². The quantitative estimate of drug-likeness (QED) is 0.822. The molecule has 2 aliphatic heterocycles. The van der Waals surface area contributed by atoms with E-state index in [-0.39, 0.29) is 30.7 Å². The third-order valence-electron chi connectivity index (χ3n) is 5.01. The van der Waals surface area contributed by atoms with Gasteiger partial charge >= 0.3 is 0 Å². The summed E-state index contributed by atoms with van der Waals surface area (Å²) in [5, 5.41) is 3.25. The highest BCUT2D eigenvalue weighted by Crippen LogP contribution is 2.33. The number of ether oxygens (including phenoxy) is 1. The molecule has 152 valence electrons. The average molecular weight is 424 g/mol. The van der Waals surface area contributed by atoms with Crippen LogP contribution in [0.15, 0.2) is 54.6 Å². The van der Waals surface area contributed by atoms with Crippen LogP contribution in [0.1, 0.15) is 12.0 Å². The lowest BCUT2D eigenvalue weighted by Gasteiger charge is -2.30. The van der Waals surface area contributed by atoms with Crippen molar-refractivity contribution in [1.82, 2.24) is 5.32 Å². The van der Waals surface area contributed by atoms with Gasteiger partial charge in [-0.05, 0) is 24.1 Å². The fourth-order valence-corrected chi connectivity index (χ4v) is 3.72. The molecular weight excluding hydrogens is 397 g/mol. The lowest BCUT2D eigenvalue weighted by molar-refractivity contribution is -0.131. The molecule has 2 heterocycles. The van der Waals surface area contributed by atoms with E-state index in [1.54, 1.807) is 0 Å². The minimum Gasteiger partial charge on any atom is -0.366 e. The topological polar surface area (TPSA) is 44.8 Å². The Kier molecular flexibility index (Phi) is 8.58. The Labute approximate surface area is 178 Å². The number of morpholine rings is 1. The third kappa shape index (κ3) is 4.97. The third-order valence-corrected chi connectivity index (χ3v) is 5.01. The van der Waals surface area contributed by atoms with Crippen molar-refractivity contribution in [3.05, 3.63) is 60.2 Å². The summed E-state index contributed by atoms with van der Waals surface area (Å²) in [5.41, 5.74) is 3.38. The zero-order valence-electron chi connectivity index (χ0n) is 15.8. The maximum atomic E-state index is 13.1. The van der Waals surface area contributed by atoms with Crippen LogP contribution in [-0.2, 0) is 16.1 Å². The number of nitrogens with one attached hydrogen (secondary N) is 1. The molecule has 0 bridgehead atoms. The zero-order chi connectivity index (χ0) is 17.8. The van der Waals surface area contributed by atoms with Gasteiger partial charge in [0.15, 0.2) is 0 Å². The molecule has 7 heteroatoms. The SMILES string of the molecule is Cl.Cl.O=C(C1CNCCO1)N1CCCN(Cc2ccccc2)c2ccccc21. The summed E-state index contributed by atoms with van der Waals surface area (Å²) >= 11 is 0. The highest BCUT2D eigenvalue weighted by molar-refractivity contribution is 6.00. The second-order valence-corrected chi connectivity index (χ2v) is 6.80. The smallest absolute Gasteiger partial charge is 0.257 e. The molecule has 1 amide bonds. The van der Waals surface area contributed by atoms with Gasteiger partial charge in [-0.2, -0.15) is 0 Å². The molecule has 2 aliphatic rings. The monoisotopic (exact) mass is 423 g/mol. The number of carbonyl (C=O) groups is 1. The van der Waals surface area contributed by atoms with Crippen molar-refractivity contribution >= 4 is 42.1 Å². The zero-order valence-corrected chi connectivity index (χ0v) is 17.4. The van der Waals surface area contributed by atoms with Gasteiger partial charge in [0, 0.05) is 32.7 Å². The number of amides is 1. The van der Waals surface area contributed by atoms with Crippen LogP contribution in [0, 0.1) is 0 Å². The van der Waals surface area contributed by atoms with Crippen LogP contribution in [0.5, 0.6) is 0 Å². The van der Waals surface area contributed by atoms with Crippen molar-refractivity contribution in [2.45, 2.75) is 19.1 Å². The standard InChI is InChI=1S/C21H25N3O2.2ClH/c25-21(20-15-22-11-14-26-20)24-13-6-12-23(16-17-7-2-1-3-8-17)18-9-4-5-10-19(18)24;;/h1-5,7-10,20,22H,6,11-16H2;2*1H. The van der Waals surface area contributed by atoms with Crippen LogP contribution < -0.4 is 15.1 Å². The van der Waals surface area contributed by atoms with E-state index in [1.807, 2.05) is 29.2 Å². The van der Waals surface area contributed by atoms with Gasteiger partial charge in [0.25, 0.3) is 5.91 Å². The van der Waals surface area contributed by atoms with Gasteiger partial charge in [0.2, 0.25) is 0 Å². The van der Waals surface area contributed by atoms with Crippen molar-refractivity contribution in [3.8, 4) is 0 Å². The highest BCUT2D eigenvalue weighted by atomic mass is 35.5. The van der Waals surface area contributed by atoms with Gasteiger partial charge in [0.05, 0.1) is 18.0 Å². The highest BCUT2D eigenvalue weighted by Gasteiger charge is 2.31. The van der Waals surface area contributed by atoms with Gasteiger partial charge < -0.3 is 19.9 Å². The Morgan fingerprint density at radius 3 is 2.43 bits per heavy atom. The minimum atomic E-state index is -0.391. The summed E-state index contributed by atoms with van der Waals surface area (Å²) in [6.45, 7) is 4.49.